The Morgan fingerprint density at radius 1 is 1.20 bits per heavy atom. The lowest BCUT2D eigenvalue weighted by Gasteiger charge is -2.38. The maximum Gasteiger partial charge on any atom is 0.192 e. The maximum atomic E-state index is 12.5. The van der Waals surface area contributed by atoms with Crippen LogP contribution < -0.4 is 0 Å². The van der Waals surface area contributed by atoms with Crippen LogP contribution in [0.2, 0.25) is 18.1 Å². The highest BCUT2D eigenvalue weighted by Gasteiger charge is 2.51. The predicted octanol–water partition coefficient (Wildman–Crippen LogP) is 4.77. The summed E-state index contributed by atoms with van der Waals surface area (Å²) in [4.78, 5) is 23.2. The number of carbonyl (C=O) groups is 2. The van der Waals surface area contributed by atoms with E-state index in [1.165, 1.54) is 0 Å². The molecule has 140 valence electrons. The minimum atomic E-state index is -1.74. The van der Waals surface area contributed by atoms with E-state index in [-0.39, 0.29) is 11.0 Å². The molecular formula is C21H34O3Si. The monoisotopic (exact) mass is 362 g/mol. The summed E-state index contributed by atoms with van der Waals surface area (Å²) in [5.41, 5.74) is 0. The number of ketones is 1. The van der Waals surface area contributed by atoms with Crippen LogP contribution in [-0.4, -0.2) is 26.5 Å². The highest BCUT2D eigenvalue weighted by Crippen LogP contribution is 2.53. The lowest BCUT2D eigenvalue weighted by atomic mass is 9.71. The molecule has 3 aliphatic rings. The number of aldehydes is 1. The zero-order valence-corrected chi connectivity index (χ0v) is 17.5. The Labute approximate surface area is 153 Å². The molecule has 4 heteroatoms. The van der Waals surface area contributed by atoms with Crippen LogP contribution >= 0.6 is 0 Å². The first kappa shape index (κ1) is 19.0. The van der Waals surface area contributed by atoms with Crippen LogP contribution in [0.5, 0.6) is 0 Å². The molecule has 0 heterocycles. The summed E-state index contributed by atoms with van der Waals surface area (Å²) in [7, 11) is -1.74. The fourth-order valence-electron chi connectivity index (χ4n) is 5.07. The number of allylic oxidation sites excluding steroid dienone is 2. The molecule has 0 saturated heterocycles. The van der Waals surface area contributed by atoms with E-state index >= 15 is 0 Å². The highest BCUT2D eigenvalue weighted by molar-refractivity contribution is 6.74. The molecular weight excluding hydrogens is 328 g/mol. The van der Waals surface area contributed by atoms with Crippen molar-refractivity contribution in [2.24, 2.45) is 29.6 Å². The van der Waals surface area contributed by atoms with E-state index in [4.69, 9.17) is 4.43 Å². The van der Waals surface area contributed by atoms with Gasteiger partial charge in [0.1, 0.15) is 12.1 Å². The Morgan fingerprint density at radius 2 is 1.92 bits per heavy atom. The number of Topliss-reactive ketones (excluding diaryl/α,β-unsaturated/α-hetero) is 1. The summed E-state index contributed by atoms with van der Waals surface area (Å²) in [5.74, 6) is 2.47. The van der Waals surface area contributed by atoms with E-state index in [0.717, 1.165) is 25.5 Å². The van der Waals surface area contributed by atoms with Gasteiger partial charge in [0.05, 0.1) is 0 Å². The van der Waals surface area contributed by atoms with Crippen LogP contribution in [0.15, 0.2) is 12.2 Å². The second-order valence-electron chi connectivity index (χ2n) is 9.95. The van der Waals surface area contributed by atoms with Crippen molar-refractivity contribution in [1.82, 2.24) is 0 Å². The molecule has 0 aromatic heterocycles. The van der Waals surface area contributed by atoms with Gasteiger partial charge in [0.15, 0.2) is 8.32 Å². The van der Waals surface area contributed by atoms with Crippen molar-refractivity contribution in [3.63, 3.8) is 0 Å². The van der Waals surface area contributed by atoms with Gasteiger partial charge < -0.3 is 9.22 Å². The van der Waals surface area contributed by atoms with E-state index < -0.39 is 8.32 Å². The topological polar surface area (TPSA) is 43.4 Å². The first-order chi connectivity index (χ1) is 11.6. The molecule has 2 saturated carbocycles. The molecule has 0 radical (unpaired) electrons. The molecule has 3 aliphatic carbocycles. The quantitative estimate of drug-likeness (QED) is 0.402. The summed E-state index contributed by atoms with van der Waals surface area (Å²) in [6, 6.07) is 0. The molecule has 3 nitrogen and oxygen atoms in total. The molecule has 0 amide bonds. The molecule has 25 heavy (non-hydrogen) atoms. The van der Waals surface area contributed by atoms with E-state index in [2.05, 4.69) is 46.0 Å². The normalized spacial score (nSPS) is 37.9. The van der Waals surface area contributed by atoms with Gasteiger partial charge in [0.2, 0.25) is 0 Å². The van der Waals surface area contributed by atoms with Crippen molar-refractivity contribution in [2.45, 2.75) is 77.1 Å². The Kier molecular flexibility index (Phi) is 5.15. The average Bonchev–Trinajstić information content (AvgIpc) is 3.03. The van der Waals surface area contributed by atoms with E-state index in [1.807, 2.05) is 0 Å². The second kappa shape index (κ2) is 6.77. The second-order valence-corrected chi connectivity index (χ2v) is 14.7. The number of rotatable bonds is 5. The fraction of sp³-hybridized carbons (Fsp3) is 0.810. The summed E-state index contributed by atoms with van der Waals surface area (Å²) < 4.78 is 6.70. The van der Waals surface area contributed by atoms with E-state index in [9.17, 15) is 9.59 Å². The smallest absolute Gasteiger partial charge is 0.192 e. The maximum absolute atomic E-state index is 12.5. The molecule has 0 spiro atoms. The minimum Gasteiger partial charge on any atom is -0.414 e. The Balaban J connectivity index is 1.69. The van der Waals surface area contributed by atoms with Crippen LogP contribution in [0.1, 0.15) is 52.9 Å². The molecule has 6 atom stereocenters. The minimum absolute atomic E-state index is 0.0766. The first-order valence-electron chi connectivity index (χ1n) is 9.96. The van der Waals surface area contributed by atoms with Crippen molar-refractivity contribution in [3.8, 4) is 0 Å². The summed E-state index contributed by atoms with van der Waals surface area (Å²) >= 11 is 0. The van der Waals surface area contributed by atoms with E-state index in [1.54, 1.807) is 0 Å². The highest BCUT2D eigenvalue weighted by atomic mass is 28.4. The van der Waals surface area contributed by atoms with Gasteiger partial charge in [-0.3, -0.25) is 4.79 Å². The fourth-order valence-corrected chi connectivity index (χ4v) is 6.45. The molecule has 2 fully saturated rings. The zero-order chi connectivity index (χ0) is 18.4. The van der Waals surface area contributed by atoms with Gasteiger partial charge in [-0.15, -0.1) is 0 Å². The summed E-state index contributed by atoms with van der Waals surface area (Å²) in [6.45, 7) is 11.6. The van der Waals surface area contributed by atoms with Crippen LogP contribution in [-0.2, 0) is 14.0 Å². The van der Waals surface area contributed by atoms with Crippen molar-refractivity contribution in [2.75, 3.05) is 0 Å². The van der Waals surface area contributed by atoms with Crippen molar-refractivity contribution in [1.29, 1.82) is 0 Å². The molecule has 0 aromatic rings. The van der Waals surface area contributed by atoms with E-state index in [0.29, 0.717) is 48.4 Å². The van der Waals surface area contributed by atoms with Gasteiger partial charge >= 0.3 is 0 Å². The van der Waals surface area contributed by atoms with Gasteiger partial charge in [-0.1, -0.05) is 32.9 Å². The lowest BCUT2D eigenvalue weighted by molar-refractivity contribution is -0.121. The third kappa shape index (κ3) is 3.57. The molecule has 0 unspecified atom stereocenters. The molecule has 3 rings (SSSR count). The van der Waals surface area contributed by atoms with Gasteiger partial charge in [-0.2, -0.15) is 0 Å². The van der Waals surface area contributed by atoms with Crippen molar-refractivity contribution < 1.29 is 14.0 Å². The number of fused-ring (bicyclic) bond motifs is 3. The van der Waals surface area contributed by atoms with Crippen LogP contribution in [0, 0.1) is 29.6 Å². The Bertz CT molecular complexity index is 560. The zero-order valence-electron chi connectivity index (χ0n) is 16.5. The SMILES string of the molecule is CC(C)(C)[Si](C)(C)O[C@H]1C[C@H]2[C@@H]3CC(=O)[C@@H](CCC=O)[C@@H]3C=C[C@@H]2C1. The van der Waals surface area contributed by atoms with Gasteiger partial charge in [-0.25, -0.2) is 0 Å². The number of hydrogen-bond donors (Lipinski definition) is 0. The molecule has 0 bridgehead atoms. The van der Waals surface area contributed by atoms with Crippen LogP contribution in [0.3, 0.4) is 0 Å². The van der Waals surface area contributed by atoms with Gasteiger partial charge in [0, 0.05) is 24.9 Å². The van der Waals surface area contributed by atoms with Gasteiger partial charge in [-0.05, 0) is 61.1 Å². The number of carbonyl (C=O) groups excluding carboxylic acids is 2. The largest absolute Gasteiger partial charge is 0.414 e. The summed E-state index contributed by atoms with van der Waals surface area (Å²) in [5, 5.41) is 0.238. The average molecular weight is 363 g/mol. The predicted molar refractivity (Wildman–Crippen MR) is 103 cm³/mol. The van der Waals surface area contributed by atoms with Crippen molar-refractivity contribution in [3.05, 3.63) is 12.2 Å². The standard InChI is InChI=1S/C21H34O3Si/c1-21(2,3)25(4,5)24-15-11-14-8-9-16-17(7-6-10-22)20(23)13-19(16)18(14)12-15/h8-10,14-19H,6-7,11-13H2,1-5H3/t14-,15-,16+,17+,18-,19-/m1/s1. The molecule has 0 aromatic carbocycles. The lowest BCUT2D eigenvalue weighted by Crippen LogP contribution is -2.43. The Hall–Kier alpha value is -0.743. The number of hydrogen-bond acceptors (Lipinski definition) is 3. The third-order valence-electron chi connectivity index (χ3n) is 7.42. The molecule has 0 aliphatic heterocycles. The summed E-state index contributed by atoms with van der Waals surface area (Å²) in [6.07, 6.45) is 10.2. The molecule has 0 N–H and O–H groups in total. The van der Waals surface area contributed by atoms with Gasteiger partial charge in [0.25, 0.3) is 0 Å². The Morgan fingerprint density at radius 3 is 2.56 bits per heavy atom. The van der Waals surface area contributed by atoms with Crippen LogP contribution in [0.4, 0.5) is 0 Å². The third-order valence-corrected chi connectivity index (χ3v) is 12.0. The van der Waals surface area contributed by atoms with Crippen molar-refractivity contribution >= 4 is 20.4 Å². The van der Waals surface area contributed by atoms with Crippen LogP contribution in [0.25, 0.3) is 0 Å². The first-order valence-corrected chi connectivity index (χ1v) is 12.9.